The van der Waals surface area contributed by atoms with Crippen LogP contribution in [0, 0.1) is 0 Å². The van der Waals surface area contributed by atoms with E-state index in [0.29, 0.717) is 12.8 Å². The van der Waals surface area contributed by atoms with Crippen molar-refractivity contribution in [2.24, 2.45) is 0 Å². The predicted octanol–water partition coefficient (Wildman–Crippen LogP) is 9.61. The molecule has 0 aliphatic rings. The van der Waals surface area contributed by atoms with Gasteiger partial charge in [-0.15, -0.1) is 0 Å². The summed E-state index contributed by atoms with van der Waals surface area (Å²) in [6.07, 6.45) is 38.9. The van der Waals surface area contributed by atoms with Gasteiger partial charge in [0, 0.05) is 12.8 Å². The number of ether oxygens (including phenoxy) is 2. The average Bonchev–Trinajstić information content (AvgIpc) is 3.22. The molecule has 0 aromatic rings. The van der Waals surface area contributed by atoms with E-state index < -0.39 is 70.6 Å². The summed E-state index contributed by atoms with van der Waals surface area (Å²) in [6, 6.07) is 0. The van der Waals surface area contributed by atoms with E-state index >= 15 is 0 Å². The highest BCUT2D eigenvalue weighted by Gasteiger charge is 2.27. The quantitative estimate of drug-likeness (QED) is 0.0170. The maximum Gasteiger partial charge on any atom is 0.472 e. The molecule has 1 unspecified atom stereocenters. The second-order valence-electron chi connectivity index (χ2n) is 14.6. The van der Waals surface area contributed by atoms with Gasteiger partial charge in [0.15, 0.2) is 6.10 Å². The Morgan fingerprint density at radius 3 is 1.68 bits per heavy atom. The molecule has 59 heavy (non-hydrogen) atoms. The van der Waals surface area contributed by atoms with Crippen molar-refractivity contribution in [3.63, 3.8) is 0 Å². The van der Waals surface area contributed by atoms with Gasteiger partial charge in [0.25, 0.3) is 0 Å². The van der Waals surface area contributed by atoms with E-state index in [1.807, 2.05) is 12.2 Å². The molecule has 340 valence electrons. The fraction of sp³-hybridized carbons (Fsp3) is 0.696. The van der Waals surface area contributed by atoms with Crippen molar-refractivity contribution in [2.45, 2.75) is 180 Å². The number of esters is 2. The van der Waals surface area contributed by atoms with Gasteiger partial charge in [-0.2, -0.15) is 0 Å². The number of unbranched alkanes of at least 4 members (excludes halogenated alkanes) is 10. The number of carbonyl (C=O) groups is 2. The minimum absolute atomic E-state index is 0.127. The lowest BCUT2D eigenvalue weighted by atomic mass is 10.0. The maximum atomic E-state index is 12.7. The third-order valence-electron chi connectivity index (χ3n) is 9.05. The highest BCUT2D eigenvalue weighted by Crippen LogP contribution is 2.43. The zero-order valence-corrected chi connectivity index (χ0v) is 37.1. The van der Waals surface area contributed by atoms with Crippen molar-refractivity contribution in [1.29, 1.82) is 0 Å². The molecule has 0 saturated heterocycles. The molecule has 0 fully saturated rings. The fourth-order valence-corrected chi connectivity index (χ4v) is 6.31. The number of aliphatic hydroxyl groups is 4. The first-order chi connectivity index (χ1) is 28.5. The molecule has 5 N–H and O–H groups in total. The van der Waals surface area contributed by atoms with Crippen LogP contribution in [-0.2, 0) is 32.7 Å². The number of allylic oxidation sites excluding steroid dienone is 11. The van der Waals surface area contributed by atoms with Gasteiger partial charge < -0.3 is 34.8 Å². The molecule has 0 rings (SSSR count). The van der Waals surface area contributed by atoms with Crippen molar-refractivity contribution in [3.05, 3.63) is 72.9 Å². The largest absolute Gasteiger partial charge is 0.472 e. The summed E-state index contributed by atoms with van der Waals surface area (Å²) < 4.78 is 32.5. The number of carbonyl (C=O) groups excluding carboxylic acids is 2. The SMILES string of the molecule is CC/C=C\C/C=C\C/C=C\C/C=C\C[C@@H](O)[C@H](O)CCCC(=O)O[C@H](COC(=O)CCCCCCCCC/C=C\C/C=C\CCCCC)COP(=O)(O)OC[C@@H](O)CO. The molecule has 0 bridgehead atoms. The van der Waals surface area contributed by atoms with Crippen LogP contribution in [0.3, 0.4) is 0 Å². The maximum absolute atomic E-state index is 12.7. The van der Waals surface area contributed by atoms with Crippen molar-refractivity contribution < 1.29 is 58.0 Å². The minimum Gasteiger partial charge on any atom is -0.462 e. The molecule has 0 saturated carbocycles. The summed E-state index contributed by atoms with van der Waals surface area (Å²) in [5.74, 6) is -1.23. The van der Waals surface area contributed by atoms with E-state index in [4.69, 9.17) is 19.1 Å². The summed E-state index contributed by atoms with van der Waals surface area (Å²) in [6.45, 7) is 1.88. The zero-order valence-electron chi connectivity index (χ0n) is 36.2. The number of hydrogen-bond donors (Lipinski definition) is 5. The number of hydrogen-bond acceptors (Lipinski definition) is 11. The van der Waals surface area contributed by atoms with Crippen LogP contribution in [0.1, 0.15) is 155 Å². The molecular weight excluding hydrogens is 775 g/mol. The molecule has 0 heterocycles. The Bertz CT molecular complexity index is 1240. The molecule has 0 spiro atoms. The number of aliphatic hydroxyl groups excluding tert-OH is 4. The van der Waals surface area contributed by atoms with Crippen molar-refractivity contribution >= 4 is 19.8 Å². The smallest absolute Gasteiger partial charge is 0.462 e. The molecule has 0 aromatic heterocycles. The number of rotatable bonds is 40. The number of phosphoric ester groups is 1. The molecule has 0 aliphatic carbocycles. The standard InChI is InChI=1S/C46H79O12P/c1-3-5-7-9-11-13-15-17-18-19-20-21-23-25-27-29-31-35-45(51)55-39-42(40-57-59(53,54)56-38-41(48)37-47)58-46(52)36-32-34-44(50)43(49)33-30-28-26-24-22-16-14-12-10-8-6-4-2/h6,8,11-14,17-18,22,24,28,30,41-44,47-50H,3-5,7,9-10,15-16,19-21,23,25-27,29,31-40H2,1-2H3,(H,53,54)/b8-6-,13-11-,14-12-,18-17-,24-22-,30-28-/t41-,42+,43+,44+/m0/s1. The third kappa shape index (κ3) is 39.2. The van der Waals surface area contributed by atoms with Crippen molar-refractivity contribution in [2.75, 3.05) is 26.4 Å². The van der Waals surface area contributed by atoms with Gasteiger partial charge in [0.05, 0.1) is 32.0 Å². The van der Waals surface area contributed by atoms with Gasteiger partial charge in [0.1, 0.15) is 12.7 Å². The minimum atomic E-state index is -4.71. The van der Waals surface area contributed by atoms with Crippen LogP contribution in [0.4, 0.5) is 0 Å². The van der Waals surface area contributed by atoms with Crippen LogP contribution in [0.5, 0.6) is 0 Å². The van der Waals surface area contributed by atoms with Crippen molar-refractivity contribution in [1.82, 2.24) is 0 Å². The first-order valence-corrected chi connectivity index (χ1v) is 23.6. The first kappa shape index (κ1) is 56.3. The van der Waals surface area contributed by atoms with Gasteiger partial charge in [-0.25, -0.2) is 4.57 Å². The summed E-state index contributed by atoms with van der Waals surface area (Å²) >= 11 is 0. The van der Waals surface area contributed by atoms with Gasteiger partial charge in [-0.3, -0.25) is 18.6 Å². The van der Waals surface area contributed by atoms with Crippen LogP contribution in [0.25, 0.3) is 0 Å². The first-order valence-electron chi connectivity index (χ1n) is 22.1. The summed E-state index contributed by atoms with van der Waals surface area (Å²) in [4.78, 5) is 35.1. The van der Waals surface area contributed by atoms with Crippen LogP contribution in [0.15, 0.2) is 72.9 Å². The van der Waals surface area contributed by atoms with Gasteiger partial charge in [-0.05, 0) is 83.5 Å². The average molecular weight is 855 g/mol. The van der Waals surface area contributed by atoms with Gasteiger partial charge in [-0.1, -0.05) is 132 Å². The predicted molar refractivity (Wildman–Crippen MR) is 235 cm³/mol. The summed E-state index contributed by atoms with van der Waals surface area (Å²) in [5.41, 5.74) is 0. The number of phosphoric acid groups is 1. The second kappa shape index (κ2) is 40.7. The zero-order chi connectivity index (χ0) is 43.7. The van der Waals surface area contributed by atoms with E-state index in [1.165, 1.54) is 38.5 Å². The molecular formula is C46H79O12P. The van der Waals surface area contributed by atoms with E-state index in [1.54, 1.807) is 6.08 Å². The van der Waals surface area contributed by atoms with Crippen LogP contribution in [0.2, 0.25) is 0 Å². The van der Waals surface area contributed by atoms with E-state index in [9.17, 15) is 34.4 Å². The Kier molecular flexibility index (Phi) is 38.9. The Balaban J connectivity index is 4.55. The lowest BCUT2D eigenvalue weighted by Gasteiger charge is -2.20. The molecule has 0 amide bonds. The Morgan fingerprint density at radius 1 is 0.576 bits per heavy atom. The molecule has 5 atom stereocenters. The molecule has 0 aliphatic heterocycles. The fourth-order valence-electron chi connectivity index (χ4n) is 5.52. The van der Waals surface area contributed by atoms with E-state index in [-0.39, 0.29) is 32.1 Å². The summed E-state index contributed by atoms with van der Waals surface area (Å²) in [7, 11) is -4.71. The van der Waals surface area contributed by atoms with Crippen LogP contribution >= 0.6 is 7.82 Å². The third-order valence-corrected chi connectivity index (χ3v) is 10.00. The molecule has 0 aromatic carbocycles. The second-order valence-corrected chi connectivity index (χ2v) is 16.1. The Hall–Kier alpha value is -2.67. The lowest BCUT2D eigenvalue weighted by molar-refractivity contribution is -0.161. The summed E-state index contributed by atoms with van der Waals surface area (Å²) in [5, 5.41) is 39.1. The highest BCUT2D eigenvalue weighted by atomic mass is 31.2. The highest BCUT2D eigenvalue weighted by molar-refractivity contribution is 7.47. The van der Waals surface area contributed by atoms with E-state index in [2.05, 4.69) is 73.1 Å². The molecule has 0 radical (unpaired) electrons. The monoisotopic (exact) mass is 855 g/mol. The topological polar surface area (TPSA) is 189 Å². The van der Waals surface area contributed by atoms with Gasteiger partial charge in [0.2, 0.25) is 0 Å². The molecule has 13 heteroatoms. The van der Waals surface area contributed by atoms with Crippen LogP contribution in [-0.4, -0.2) is 88.1 Å². The van der Waals surface area contributed by atoms with Crippen molar-refractivity contribution in [3.8, 4) is 0 Å². The Morgan fingerprint density at radius 2 is 1.08 bits per heavy atom. The molecule has 12 nitrogen and oxygen atoms in total. The lowest BCUT2D eigenvalue weighted by Crippen LogP contribution is -2.30. The van der Waals surface area contributed by atoms with E-state index in [0.717, 1.165) is 57.8 Å². The van der Waals surface area contributed by atoms with Crippen LogP contribution < -0.4 is 0 Å². The normalized spacial score (nSPS) is 15.6. The Labute approximate surface area is 355 Å². The van der Waals surface area contributed by atoms with Gasteiger partial charge >= 0.3 is 19.8 Å².